The zero-order valence-corrected chi connectivity index (χ0v) is 22.3. The Bertz CT molecular complexity index is 1220. The van der Waals surface area contributed by atoms with E-state index in [0.29, 0.717) is 10.9 Å². The fourth-order valence-corrected chi connectivity index (χ4v) is 5.90. The summed E-state index contributed by atoms with van der Waals surface area (Å²) >= 11 is 7.95. The first-order chi connectivity index (χ1) is 17.0. The first-order valence-electron chi connectivity index (χ1n) is 12.3. The summed E-state index contributed by atoms with van der Waals surface area (Å²) in [6.45, 7) is 10.7. The number of fused-ring (bicyclic) bond motifs is 1. The quantitative estimate of drug-likeness (QED) is 0.401. The van der Waals surface area contributed by atoms with Crippen molar-refractivity contribution in [3.8, 4) is 0 Å². The third kappa shape index (κ3) is 4.84. The summed E-state index contributed by atoms with van der Waals surface area (Å²) in [6.07, 6.45) is 7.49. The van der Waals surface area contributed by atoms with Crippen LogP contribution in [-0.4, -0.2) is 59.0 Å². The standard InChI is InChI=1S/C26H34ClN7S/c1-17-14-34-25(29-26(17)32-15-19(16-32)13-28-3)12-23(30-34)24-7-5-6-10-33(24)18(2)21-11-20(27)8-9-22(21)31-35-4/h8-9,11-12,14,19,24,28,31H,2,5-7,10,13,15-16H2,1,3-4H3. The number of halogens is 1. The average Bonchev–Trinajstić information content (AvgIpc) is 3.24. The van der Waals surface area contributed by atoms with E-state index in [9.17, 15) is 0 Å². The van der Waals surface area contributed by atoms with Gasteiger partial charge in [0.25, 0.3) is 0 Å². The fourth-order valence-electron chi connectivity index (χ4n) is 5.33. The molecule has 186 valence electrons. The number of hydrogen-bond donors (Lipinski definition) is 2. The Kier molecular flexibility index (Phi) is 7.14. The van der Waals surface area contributed by atoms with Gasteiger partial charge >= 0.3 is 0 Å². The molecule has 1 aromatic carbocycles. The van der Waals surface area contributed by atoms with Gasteiger partial charge in [-0.15, -0.1) is 0 Å². The number of nitrogens with one attached hydrogen (secondary N) is 2. The van der Waals surface area contributed by atoms with Crippen LogP contribution in [0.4, 0.5) is 11.5 Å². The highest BCUT2D eigenvalue weighted by molar-refractivity contribution is 7.99. The molecule has 0 radical (unpaired) electrons. The van der Waals surface area contributed by atoms with Gasteiger partial charge in [-0.2, -0.15) is 5.10 Å². The molecule has 5 rings (SSSR count). The SMILES string of the molecule is C=C(c1cc(Cl)ccc1NSC)N1CCCCC1c1cc2nc(N3CC(CNC)C3)c(C)cn2n1. The van der Waals surface area contributed by atoms with Gasteiger partial charge in [0.15, 0.2) is 5.65 Å². The van der Waals surface area contributed by atoms with Gasteiger partial charge in [0, 0.05) is 72.5 Å². The van der Waals surface area contributed by atoms with Crippen LogP contribution in [0.25, 0.3) is 11.3 Å². The Hall–Kier alpha value is -2.42. The van der Waals surface area contributed by atoms with Crippen LogP contribution in [0.15, 0.2) is 37.0 Å². The minimum atomic E-state index is 0.159. The second-order valence-electron chi connectivity index (χ2n) is 9.60. The van der Waals surface area contributed by atoms with Gasteiger partial charge in [0.2, 0.25) is 0 Å². The van der Waals surface area contributed by atoms with Crippen LogP contribution in [0.5, 0.6) is 0 Å². The molecule has 0 aliphatic carbocycles. The van der Waals surface area contributed by atoms with E-state index in [2.05, 4.69) is 45.6 Å². The fraction of sp³-hybridized carbons (Fsp3) is 0.462. The molecule has 0 saturated carbocycles. The van der Waals surface area contributed by atoms with Crippen LogP contribution in [-0.2, 0) is 0 Å². The zero-order chi connectivity index (χ0) is 24.5. The molecular formula is C26H34ClN7S. The molecule has 0 amide bonds. The van der Waals surface area contributed by atoms with Crippen molar-refractivity contribution in [1.29, 1.82) is 0 Å². The maximum Gasteiger partial charge on any atom is 0.157 e. The van der Waals surface area contributed by atoms with E-state index >= 15 is 0 Å². The Balaban J connectivity index is 1.43. The molecule has 7 nitrogen and oxygen atoms in total. The summed E-state index contributed by atoms with van der Waals surface area (Å²) in [5.41, 5.74) is 6.15. The molecule has 35 heavy (non-hydrogen) atoms. The lowest BCUT2D eigenvalue weighted by Crippen LogP contribution is -2.51. The van der Waals surface area contributed by atoms with Crippen molar-refractivity contribution in [1.82, 2.24) is 24.8 Å². The number of nitrogens with zero attached hydrogens (tertiary/aromatic N) is 5. The molecule has 0 bridgehead atoms. The molecule has 2 N–H and O–H groups in total. The third-order valence-corrected chi connectivity index (χ3v) is 7.73. The molecule has 9 heteroatoms. The van der Waals surface area contributed by atoms with Crippen LogP contribution in [0, 0.1) is 12.8 Å². The first kappa shape index (κ1) is 24.3. The predicted octanol–water partition coefficient (Wildman–Crippen LogP) is 5.23. The Morgan fingerprint density at radius 1 is 1.26 bits per heavy atom. The minimum absolute atomic E-state index is 0.159. The number of anilines is 2. The second kappa shape index (κ2) is 10.3. The molecule has 0 spiro atoms. The number of benzene rings is 1. The highest BCUT2D eigenvalue weighted by atomic mass is 35.5. The van der Waals surface area contributed by atoms with Crippen LogP contribution < -0.4 is 14.9 Å². The van der Waals surface area contributed by atoms with Crippen LogP contribution in [0.2, 0.25) is 5.02 Å². The highest BCUT2D eigenvalue weighted by Gasteiger charge is 2.31. The summed E-state index contributed by atoms with van der Waals surface area (Å²) in [7, 11) is 2.02. The van der Waals surface area contributed by atoms with Crippen LogP contribution in [0.3, 0.4) is 0 Å². The van der Waals surface area contributed by atoms with Gasteiger partial charge in [-0.05, 0) is 51.4 Å². The van der Waals surface area contributed by atoms with Crippen molar-refractivity contribution in [2.24, 2.45) is 5.92 Å². The second-order valence-corrected chi connectivity index (χ2v) is 10.6. The number of hydrogen-bond acceptors (Lipinski definition) is 7. The summed E-state index contributed by atoms with van der Waals surface area (Å²) in [4.78, 5) is 9.79. The van der Waals surface area contributed by atoms with Gasteiger partial charge in [-0.25, -0.2) is 9.50 Å². The Morgan fingerprint density at radius 3 is 2.86 bits per heavy atom. The van der Waals surface area contributed by atoms with Crippen molar-refractivity contribution in [3.63, 3.8) is 0 Å². The number of rotatable bonds is 8. The molecule has 3 aromatic rings. The number of aryl methyl sites for hydroxylation is 1. The largest absolute Gasteiger partial charge is 0.363 e. The molecule has 2 aromatic heterocycles. The van der Waals surface area contributed by atoms with Gasteiger partial charge in [-0.3, -0.25) is 0 Å². The number of likely N-dealkylation sites (tertiary alicyclic amines) is 1. The molecular weight excluding hydrogens is 478 g/mol. The Morgan fingerprint density at radius 2 is 2.09 bits per heavy atom. The normalized spacial score (nSPS) is 18.7. The van der Waals surface area contributed by atoms with Crippen LogP contribution in [0.1, 0.15) is 42.1 Å². The van der Waals surface area contributed by atoms with Crippen LogP contribution >= 0.6 is 23.5 Å². The molecule has 2 aliphatic heterocycles. The topological polar surface area (TPSA) is 60.7 Å². The van der Waals surface area contributed by atoms with Crippen molar-refractivity contribution in [2.45, 2.75) is 32.2 Å². The maximum atomic E-state index is 6.38. The monoisotopic (exact) mass is 511 g/mol. The lowest BCUT2D eigenvalue weighted by atomic mass is 9.97. The van der Waals surface area contributed by atoms with Gasteiger partial charge < -0.3 is 19.8 Å². The van der Waals surface area contributed by atoms with E-state index < -0.39 is 0 Å². The van der Waals surface area contributed by atoms with E-state index in [1.807, 2.05) is 36.0 Å². The summed E-state index contributed by atoms with van der Waals surface area (Å²) in [6, 6.07) is 8.25. The van der Waals surface area contributed by atoms with E-state index in [1.54, 1.807) is 11.9 Å². The molecule has 2 aliphatic rings. The van der Waals surface area contributed by atoms with E-state index in [0.717, 1.165) is 78.7 Å². The van der Waals surface area contributed by atoms with Gasteiger partial charge in [0.1, 0.15) is 5.82 Å². The zero-order valence-electron chi connectivity index (χ0n) is 20.7. The number of aromatic nitrogens is 3. The lowest BCUT2D eigenvalue weighted by molar-refractivity contribution is 0.226. The van der Waals surface area contributed by atoms with Gasteiger partial charge in [0.05, 0.1) is 17.4 Å². The van der Waals surface area contributed by atoms with Crippen molar-refractivity contribution in [2.75, 3.05) is 49.1 Å². The van der Waals surface area contributed by atoms with Crippen molar-refractivity contribution in [3.05, 3.63) is 58.9 Å². The van der Waals surface area contributed by atoms with E-state index in [1.165, 1.54) is 6.42 Å². The molecule has 1 atom stereocenters. The number of piperidine rings is 1. The average molecular weight is 512 g/mol. The van der Waals surface area contributed by atoms with E-state index in [4.69, 9.17) is 21.7 Å². The highest BCUT2D eigenvalue weighted by Crippen LogP contribution is 2.39. The van der Waals surface area contributed by atoms with Crippen molar-refractivity contribution < 1.29 is 0 Å². The van der Waals surface area contributed by atoms with Crippen molar-refractivity contribution >= 4 is 46.4 Å². The third-order valence-electron chi connectivity index (χ3n) is 7.07. The molecule has 1 unspecified atom stereocenters. The summed E-state index contributed by atoms with van der Waals surface area (Å²) in [5, 5.41) is 8.98. The lowest BCUT2D eigenvalue weighted by Gasteiger charge is -2.40. The summed E-state index contributed by atoms with van der Waals surface area (Å²) in [5.74, 6) is 1.77. The Labute approximate surface area is 217 Å². The predicted molar refractivity (Wildman–Crippen MR) is 148 cm³/mol. The smallest absolute Gasteiger partial charge is 0.157 e. The summed E-state index contributed by atoms with van der Waals surface area (Å²) < 4.78 is 5.32. The van der Waals surface area contributed by atoms with Gasteiger partial charge in [-0.1, -0.05) is 30.1 Å². The van der Waals surface area contributed by atoms with E-state index in [-0.39, 0.29) is 6.04 Å². The maximum absolute atomic E-state index is 6.38. The molecule has 2 saturated heterocycles. The molecule has 2 fully saturated rings. The molecule has 4 heterocycles. The minimum Gasteiger partial charge on any atom is -0.363 e. The first-order valence-corrected chi connectivity index (χ1v) is 13.9.